The molecule has 0 spiro atoms. The molecule has 3 nitrogen and oxygen atoms in total. The normalized spacial score (nSPS) is 24.8. The molecule has 118 valence electrons. The van der Waals surface area contributed by atoms with Crippen molar-refractivity contribution in [2.75, 3.05) is 13.2 Å². The summed E-state index contributed by atoms with van der Waals surface area (Å²) >= 11 is 6.00. The Morgan fingerprint density at radius 3 is 2.62 bits per heavy atom. The van der Waals surface area contributed by atoms with Crippen LogP contribution in [0.5, 0.6) is 5.75 Å². The van der Waals surface area contributed by atoms with Crippen molar-refractivity contribution in [3.8, 4) is 5.75 Å². The van der Waals surface area contributed by atoms with E-state index in [0.29, 0.717) is 18.7 Å². The van der Waals surface area contributed by atoms with Crippen LogP contribution >= 0.6 is 11.6 Å². The number of aliphatic hydroxyl groups excluding tert-OH is 1. The number of hydrogen-bond acceptors (Lipinski definition) is 2. The minimum atomic E-state index is -0.431. The number of hydrogen-bond donors (Lipinski definition) is 2. The molecule has 0 aliphatic carbocycles. The van der Waals surface area contributed by atoms with Gasteiger partial charge in [0.1, 0.15) is 25.0 Å². The molecule has 0 unspecified atom stereocenters. The average Bonchev–Trinajstić information content (AvgIpc) is 2.44. The molecule has 0 radical (unpaired) electrons. The van der Waals surface area contributed by atoms with Crippen LogP contribution in [0.15, 0.2) is 18.2 Å². The van der Waals surface area contributed by atoms with Gasteiger partial charge in [-0.25, -0.2) is 0 Å². The molecule has 1 fully saturated rings. The van der Waals surface area contributed by atoms with Crippen molar-refractivity contribution in [2.24, 2.45) is 0 Å². The van der Waals surface area contributed by atoms with E-state index in [-0.39, 0.29) is 0 Å². The van der Waals surface area contributed by atoms with E-state index in [9.17, 15) is 5.11 Å². The third-order valence-electron chi connectivity index (χ3n) is 4.58. The van der Waals surface area contributed by atoms with E-state index in [0.717, 1.165) is 22.9 Å². The van der Waals surface area contributed by atoms with Gasteiger partial charge >= 0.3 is 0 Å². The summed E-state index contributed by atoms with van der Waals surface area (Å²) in [5.74, 6) is 0.769. The van der Waals surface area contributed by atoms with Crippen LogP contribution in [0.4, 0.5) is 0 Å². The molecule has 0 saturated carbocycles. The number of likely N-dealkylation sites (tertiary alicyclic amines) is 1. The fourth-order valence-corrected chi connectivity index (χ4v) is 3.34. The first-order valence-electron chi connectivity index (χ1n) is 7.90. The first-order valence-corrected chi connectivity index (χ1v) is 8.27. The number of quaternary nitrogens is 1. The van der Waals surface area contributed by atoms with Crippen LogP contribution in [0.3, 0.4) is 0 Å². The third kappa shape index (κ3) is 4.60. The van der Waals surface area contributed by atoms with Crippen molar-refractivity contribution in [3.63, 3.8) is 0 Å². The molecule has 0 amide bonds. The van der Waals surface area contributed by atoms with Gasteiger partial charge in [-0.2, -0.15) is 0 Å². The molecule has 1 aromatic carbocycles. The van der Waals surface area contributed by atoms with Gasteiger partial charge in [0.2, 0.25) is 0 Å². The molecule has 0 bridgehead atoms. The molecule has 1 saturated heterocycles. The highest BCUT2D eigenvalue weighted by molar-refractivity contribution is 6.31. The van der Waals surface area contributed by atoms with Gasteiger partial charge in [0.25, 0.3) is 0 Å². The maximum atomic E-state index is 10.3. The number of aryl methyl sites for hydroxylation is 1. The van der Waals surface area contributed by atoms with Crippen LogP contribution in [0.1, 0.15) is 38.7 Å². The lowest BCUT2D eigenvalue weighted by Crippen LogP contribution is -3.20. The van der Waals surface area contributed by atoms with Crippen molar-refractivity contribution < 1.29 is 14.7 Å². The summed E-state index contributed by atoms with van der Waals surface area (Å²) in [4.78, 5) is 1.50. The fraction of sp³-hybridized carbons (Fsp3) is 0.647. The summed E-state index contributed by atoms with van der Waals surface area (Å²) in [6.07, 6.45) is 3.38. The SMILES string of the molecule is Cc1cc(OC[C@H](O)C[NH+]2[C@@H](C)CCC[C@@H]2C)ccc1Cl. The molecule has 3 atom stereocenters. The van der Waals surface area contributed by atoms with Crippen LogP contribution in [0.25, 0.3) is 0 Å². The average molecular weight is 313 g/mol. The van der Waals surface area contributed by atoms with Gasteiger partial charge < -0.3 is 14.7 Å². The molecule has 1 aromatic rings. The quantitative estimate of drug-likeness (QED) is 0.874. The van der Waals surface area contributed by atoms with Crippen LogP contribution in [0.2, 0.25) is 5.02 Å². The van der Waals surface area contributed by atoms with Crippen LogP contribution in [0, 0.1) is 6.92 Å². The standard InChI is InChI=1S/C17H26ClNO2/c1-12-9-16(7-8-17(12)18)21-11-15(20)10-19-13(2)5-4-6-14(19)3/h7-9,13-15,20H,4-6,10-11H2,1-3H3/p+1/t13-,14-,15+/m0/s1. The predicted octanol–water partition coefficient (Wildman–Crippen LogP) is 2.23. The summed E-state index contributed by atoms with van der Waals surface area (Å²) in [5.41, 5.74) is 0.993. The number of rotatable bonds is 5. The summed E-state index contributed by atoms with van der Waals surface area (Å²) < 4.78 is 5.69. The van der Waals surface area contributed by atoms with E-state index < -0.39 is 6.10 Å². The highest BCUT2D eigenvalue weighted by Crippen LogP contribution is 2.21. The summed E-state index contributed by atoms with van der Waals surface area (Å²) in [5, 5.41) is 11.0. The van der Waals surface area contributed by atoms with E-state index in [1.165, 1.54) is 24.2 Å². The molecule has 1 aliphatic rings. The highest BCUT2D eigenvalue weighted by atomic mass is 35.5. The topological polar surface area (TPSA) is 33.9 Å². The molecule has 2 N–H and O–H groups in total. The van der Waals surface area contributed by atoms with E-state index >= 15 is 0 Å². The lowest BCUT2D eigenvalue weighted by molar-refractivity contribution is -0.954. The first-order chi connectivity index (χ1) is 9.97. The second-order valence-electron chi connectivity index (χ2n) is 6.39. The van der Waals surface area contributed by atoms with Gasteiger partial charge in [0, 0.05) is 5.02 Å². The molecular formula is C17H27ClNO2+. The minimum Gasteiger partial charge on any atom is -0.491 e. The molecule has 1 heterocycles. The smallest absolute Gasteiger partial charge is 0.137 e. The number of piperidine rings is 1. The Morgan fingerprint density at radius 1 is 1.33 bits per heavy atom. The largest absolute Gasteiger partial charge is 0.491 e. The van der Waals surface area contributed by atoms with E-state index in [1.807, 2.05) is 25.1 Å². The van der Waals surface area contributed by atoms with Crippen molar-refractivity contribution in [2.45, 2.75) is 58.2 Å². The number of nitrogens with one attached hydrogen (secondary N) is 1. The van der Waals surface area contributed by atoms with Gasteiger partial charge in [0.05, 0.1) is 12.1 Å². The zero-order valence-corrected chi connectivity index (χ0v) is 14.0. The Kier molecular flexibility index (Phi) is 5.91. The maximum Gasteiger partial charge on any atom is 0.137 e. The molecular weight excluding hydrogens is 286 g/mol. The van der Waals surface area contributed by atoms with Crippen molar-refractivity contribution >= 4 is 11.6 Å². The minimum absolute atomic E-state index is 0.337. The zero-order chi connectivity index (χ0) is 15.4. The second kappa shape index (κ2) is 7.48. The van der Waals surface area contributed by atoms with Crippen LogP contribution in [-0.4, -0.2) is 36.4 Å². The first kappa shape index (κ1) is 16.6. The molecule has 2 rings (SSSR count). The molecule has 0 aromatic heterocycles. The second-order valence-corrected chi connectivity index (χ2v) is 6.80. The highest BCUT2D eigenvalue weighted by Gasteiger charge is 2.30. The predicted molar refractivity (Wildman–Crippen MR) is 86.3 cm³/mol. The molecule has 4 heteroatoms. The van der Waals surface area contributed by atoms with Crippen molar-refractivity contribution in [1.82, 2.24) is 0 Å². The van der Waals surface area contributed by atoms with Gasteiger partial charge in [-0.15, -0.1) is 0 Å². The Labute approximate surface area is 132 Å². The van der Waals surface area contributed by atoms with E-state index in [4.69, 9.17) is 16.3 Å². The Hall–Kier alpha value is -0.770. The Bertz CT molecular complexity index is 456. The van der Waals surface area contributed by atoms with E-state index in [2.05, 4.69) is 13.8 Å². The van der Waals surface area contributed by atoms with E-state index in [1.54, 1.807) is 0 Å². The number of ether oxygens (including phenoxy) is 1. The van der Waals surface area contributed by atoms with Gasteiger partial charge in [-0.1, -0.05) is 11.6 Å². The molecule has 21 heavy (non-hydrogen) atoms. The third-order valence-corrected chi connectivity index (χ3v) is 5.01. The van der Waals surface area contributed by atoms with Crippen molar-refractivity contribution in [1.29, 1.82) is 0 Å². The van der Waals surface area contributed by atoms with Gasteiger partial charge in [0.15, 0.2) is 0 Å². The van der Waals surface area contributed by atoms with Gasteiger partial charge in [-0.05, 0) is 63.8 Å². The Balaban J connectivity index is 1.83. The summed E-state index contributed by atoms with van der Waals surface area (Å²) in [7, 11) is 0. The number of halogens is 1. The number of benzene rings is 1. The van der Waals surface area contributed by atoms with Crippen LogP contribution < -0.4 is 9.64 Å². The lowest BCUT2D eigenvalue weighted by atomic mass is 9.97. The fourth-order valence-electron chi connectivity index (χ4n) is 3.22. The van der Waals surface area contributed by atoms with Crippen LogP contribution in [-0.2, 0) is 0 Å². The molecule has 1 aliphatic heterocycles. The summed E-state index contributed by atoms with van der Waals surface area (Å²) in [6, 6.07) is 6.84. The summed E-state index contributed by atoms with van der Waals surface area (Å²) in [6.45, 7) is 7.61. The maximum absolute atomic E-state index is 10.3. The van der Waals surface area contributed by atoms with Crippen molar-refractivity contribution in [3.05, 3.63) is 28.8 Å². The Morgan fingerprint density at radius 2 is 2.00 bits per heavy atom. The number of aliphatic hydroxyl groups is 1. The zero-order valence-electron chi connectivity index (χ0n) is 13.2. The monoisotopic (exact) mass is 312 g/mol. The van der Waals surface area contributed by atoms with Gasteiger partial charge in [-0.3, -0.25) is 0 Å². The lowest BCUT2D eigenvalue weighted by Gasteiger charge is -2.36.